The standard InChI is InChI=1S/C7H5N2Te.Au/c10-7-8-5-3-1-2-4-6(5)9-7;/h1-4H,(H,8,9);. The van der Waals surface area contributed by atoms with Gasteiger partial charge in [-0.05, 0) is 0 Å². The molecule has 11 heavy (non-hydrogen) atoms. The molecule has 4 heteroatoms. The van der Waals surface area contributed by atoms with E-state index in [9.17, 15) is 0 Å². The van der Waals surface area contributed by atoms with Gasteiger partial charge in [0, 0.05) is 22.4 Å². The van der Waals surface area contributed by atoms with Crippen LogP contribution in [0.15, 0.2) is 24.3 Å². The number of imidazole rings is 1. The normalized spacial score (nSPS) is 9.45. The summed E-state index contributed by atoms with van der Waals surface area (Å²) in [4.78, 5) is 7.41. The zero-order valence-electron chi connectivity index (χ0n) is 5.47. The van der Waals surface area contributed by atoms with E-state index in [0.29, 0.717) is 0 Å². The Kier molecular flexibility index (Phi) is 3.17. The average Bonchev–Trinajstić information content (AvgIpc) is 2.27. The first-order valence-corrected chi connectivity index (χ1v) is 4.14. The second-order valence-corrected chi connectivity index (χ2v) is 3.16. The minimum atomic E-state index is 0. The van der Waals surface area contributed by atoms with Crippen molar-refractivity contribution in [2.24, 2.45) is 0 Å². The van der Waals surface area contributed by atoms with E-state index in [2.05, 4.69) is 9.97 Å². The molecule has 0 amide bonds. The van der Waals surface area contributed by atoms with E-state index in [1.807, 2.05) is 46.6 Å². The van der Waals surface area contributed by atoms with Crippen LogP contribution in [0.3, 0.4) is 0 Å². The van der Waals surface area contributed by atoms with Crippen molar-refractivity contribution in [2.75, 3.05) is 0 Å². The Bertz CT molecular complexity index is 325. The van der Waals surface area contributed by atoms with Crippen LogP contribution in [0.2, 0.25) is 0 Å². The van der Waals surface area contributed by atoms with Crippen molar-refractivity contribution in [3.63, 3.8) is 0 Å². The molecular formula is C7H5AuN2Te. The second-order valence-electron chi connectivity index (χ2n) is 2.06. The number of hydrogen-bond donors (Lipinski definition) is 1. The van der Waals surface area contributed by atoms with Gasteiger partial charge >= 0.3 is 71.4 Å². The van der Waals surface area contributed by atoms with Crippen molar-refractivity contribution in [1.29, 1.82) is 0 Å². The number of aromatic amines is 1. The number of nitrogens with one attached hydrogen (secondary N) is 1. The van der Waals surface area contributed by atoms with Gasteiger partial charge in [-0.1, -0.05) is 0 Å². The van der Waals surface area contributed by atoms with E-state index in [1.54, 1.807) is 0 Å². The summed E-state index contributed by atoms with van der Waals surface area (Å²) in [7, 11) is 0. The summed E-state index contributed by atoms with van der Waals surface area (Å²) in [5, 5.41) is 0. The molecule has 2 aromatic rings. The van der Waals surface area contributed by atoms with E-state index in [1.165, 1.54) is 0 Å². The Morgan fingerprint density at radius 2 is 2.00 bits per heavy atom. The molecule has 2 radical (unpaired) electrons. The summed E-state index contributed by atoms with van der Waals surface area (Å²) in [6.45, 7) is 0. The van der Waals surface area contributed by atoms with Crippen LogP contribution in [0.1, 0.15) is 0 Å². The van der Waals surface area contributed by atoms with Crippen molar-refractivity contribution >= 4 is 37.2 Å². The van der Waals surface area contributed by atoms with Crippen LogP contribution in [0, 0.1) is 0 Å². The summed E-state index contributed by atoms with van der Waals surface area (Å²) < 4.78 is 0.983. The Balaban J connectivity index is 0.000000605. The van der Waals surface area contributed by atoms with Crippen LogP contribution in [0.4, 0.5) is 0 Å². The van der Waals surface area contributed by atoms with Crippen LogP contribution in [-0.2, 0) is 22.4 Å². The number of rotatable bonds is 0. The Hall–Kier alpha value is 0.220. The number of fused-ring (bicyclic) bond motifs is 1. The first kappa shape index (κ1) is 9.31. The Morgan fingerprint density at radius 1 is 1.27 bits per heavy atom. The van der Waals surface area contributed by atoms with Gasteiger partial charge in [0.2, 0.25) is 0 Å². The molecule has 0 aliphatic rings. The fraction of sp³-hybridized carbons (Fsp3) is 0. The molecule has 0 aliphatic carbocycles. The topological polar surface area (TPSA) is 28.7 Å². The van der Waals surface area contributed by atoms with Crippen molar-refractivity contribution < 1.29 is 22.4 Å². The predicted octanol–water partition coefficient (Wildman–Crippen LogP) is 0.354. The number of hydrogen-bond acceptors (Lipinski definition) is 1. The van der Waals surface area contributed by atoms with Crippen molar-refractivity contribution in [3.05, 3.63) is 24.3 Å². The van der Waals surface area contributed by atoms with Crippen LogP contribution < -0.4 is 3.87 Å². The predicted molar refractivity (Wildman–Crippen MR) is 41.5 cm³/mol. The van der Waals surface area contributed by atoms with Crippen LogP contribution in [0.25, 0.3) is 11.0 Å². The summed E-state index contributed by atoms with van der Waals surface area (Å²) >= 11 is 1.89. The molecule has 1 aromatic carbocycles. The van der Waals surface area contributed by atoms with Crippen LogP contribution in [0.5, 0.6) is 0 Å². The monoisotopic (exact) mass is 444 g/mol. The molecule has 0 unspecified atom stereocenters. The van der Waals surface area contributed by atoms with Gasteiger partial charge in [-0.15, -0.1) is 0 Å². The molecule has 0 aliphatic heterocycles. The fourth-order valence-corrected chi connectivity index (χ4v) is 1.52. The molecule has 60 valence electrons. The molecule has 0 saturated heterocycles. The van der Waals surface area contributed by atoms with E-state index < -0.39 is 0 Å². The van der Waals surface area contributed by atoms with Crippen LogP contribution >= 0.6 is 0 Å². The molecule has 0 spiro atoms. The summed E-state index contributed by atoms with van der Waals surface area (Å²) in [5.41, 5.74) is 2.16. The molecule has 1 aromatic heterocycles. The van der Waals surface area contributed by atoms with Gasteiger partial charge in [-0.3, -0.25) is 0 Å². The van der Waals surface area contributed by atoms with Gasteiger partial charge in [-0.2, -0.15) is 0 Å². The maximum atomic E-state index is 4.26. The SMILES string of the molecule is [Au].[Te]c1nc2ccccc2[nH]1. The first-order valence-electron chi connectivity index (χ1n) is 2.98. The number of aromatic nitrogens is 2. The van der Waals surface area contributed by atoms with Gasteiger partial charge in [0.25, 0.3) is 0 Å². The minimum absolute atomic E-state index is 0. The van der Waals surface area contributed by atoms with Gasteiger partial charge in [-0.25, -0.2) is 0 Å². The zero-order valence-corrected chi connectivity index (χ0v) is 9.96. The number of H-pyrrole nitrogens is 1. The number of para-hydroxylation sites is 2. The van der Waals surface area contributed by atoms with Crippen molar-refractivity contribution in [1.82, 2.24) is 9.97 Å². The summed E-state index contributed by atoms with van der Waals surface area (Å²) in [6.07, 6.45) is 0. The van der Waals surface area contributed by atoms with Gasteiger partial charge < -0.3 is 0 Å². The zero-order chi connectivity index (χ0) is 6.97. The number of benzene rings is 1. The molecule has 0 fully saturated rings. The maximum absolute atomic E-state index is 4.26. The van der Waals surface area contributed by atoms with Gasteiger partial charge in [0.05, 0.1) is 0 Å². The third-order valence-corrected chi connectivity index (χ3v) is 1.92. The van der Waals surface area contributed by atoms with Gasteiger partial charge in [0.15, 0.2) is 0 Å². The second kappa shape index (κ2) is 3.75. The quantitative estimate of drug-likeness (QED) is 0.588. The first-order chi connectivity index (χ1) is 4.86. The molecule has 0 atom stereocenters. The molecule has 0 bridgehead atoms. The molecule has 0 saturated carbocycles. The van der Waals surface area contributed by atoms with E-state index in [4.69, 9.17) is 0 Å². The van der Waals surface area contributed by atoms with E-state index >= 15 is 0 Å². The Labute approximate surface area is 93.2 Å². The van der Waals surface area contributed by atoms with Gasteiger partial charge in [0.1, 0.15) is 0 Å². The van der Waals surface area contributed by atoms with E-state index in [-0.39, 0.29) is 22.4 Å². The third kappa shape index (κ3) is 1.87. The fourth-order valence-electron chi connectivity index (χ4n) is 0.929. The van der Waals surface area contributed by atoms with E-state index in [0.717, 1.165) is 14.9 Å². The van der Waals surface area contributed by atoms with Crippen LogP contribution in [-0.4, -0.2) is 32.3 Å². The summed E-state index contributed by atoms with van der Waals surface area (Å²) in [5.74, 6) is 0. The molecule has 2 rings (SSSR count). The van der Waals surface area contributed by atoms with Crippen molar-refractivity contribution in [3.8, 4) is 0 Å². The average molecular weight is 442 g/mol. The third-order valence-electron chi connectivity index (χ3n) is 1.37. The molecule has 2 nitrogen and oxygen atoms in total. The summed E-state index contributed by atoms with van der Waals surface area (Å²) in [6, 6.07) is 8.02. The number of nitrogens with zero attached hydrogens (tertiary/aromatic N) is 1. The molecule has 1 N–H and O–H groups in total. The molecule has 1 heterocycles. The molecular weight excluding hydrogens is 437 g/mol. The van der Waals surface area contributed by atoms with Crippen molar-refractivity contribution in [2.45, 2.75) is 0 Å². The Morgan fingerprint density at radius 3 is 2.73 bits per heavy atom.